The molecule has 1 fully saturated rings. The first kappa shape index (κ1) is 13.6. The van der Waals surface area contributed by atoms with Gasteiger partial charge in [-0.3, -0.25) is 9.59 Å². The first-order valence-corrected chi connectivity index (χ1v) is 6.48. The van der Waals surface area contributed by atoms with Gasteiger partial charge in [0.1, 0.15) is 6.04 Å². The molecule has 0 aromatic heterocycles. The predicted octanol–water partition coefficient (Wildman–Crippen LogP) is 1.92. The number of hydrogen-bond donors (Lipinski definition) is 2. The fourth-order valence-electron chi connectivity index (χ4n) is 2.42. The standard InChI is InChI=1S/C15H19NO3/c1-9-6-10(2)8-12(7-9)15(4-5-15)14(19)16-11(3)13(17)18/h6-8,11H,4-5H2,1-3H3,(H,16,19)(H,17,18). The zero-order valence-electron chi connectivity index (χ0n) is 11.5. The predicted molar refractivity (Wildman–Crippen MR) is 72.1 cm³/mol. The molecule has 1 aromatic carbocycles. The molecule has 0 spiro atoms. The number of hydrogen-bond acceptors (Lipinski definition) is 2. The third-order valence-electron chi connectivity index (χ3n) is 3.68. The van der Waals surface area contributed by atoms with Crippen molar-refractivity contribution in [3.63, 3.8) is 0 Å². The van der Waals surface area contributed by atoms with E-state index in [1.54, 1.807) is 0 Å². The SMILES string of the molecule is Cc1cc(C)cc(C2(C(=O)NC(C)C(=O)O)CC2)c1. The van der Waals surface area contributed by atoms with Crippen LogP contribution in [-0.4, -0.2) is 23.0 Å². The highest BCUT2D eigenvalue weighted by molar-refractivity contribution is 5.93. The summed E-state index contributed by atoms with van der Waals surface area (Å²) in [5, 5.41) is 11.4. The van der Waals surface area contributed by atoms with Gasteiger partial charge in [-0.15, -0.1) is 0 Å². The molecule has 1 atom stereocenters. The molecule has 19 heavy (non-hydrogen) atoms. The molecule has 1 aliphatic rings. The molecule has 2 N–H and O–H groups in total. The summed E-state index contributed by atoms with van der Waals surface area (Å²) in [6.45, 7) is 5.49. The molecule has 1 amide bonds. The van der Waals surface area contributed by atoms with Gasteiger partial charge in [-0.05, 0) is 39.2 Å². The van der Waals surface area contributed by atoms with E-state index in [1.165, 1.54) is 6.92 Å². The van der Waals surface area contributed by atoms with E-state index in [0.29, 0.717) is 0 Å². The lowest BCUT2D eigenvalue weighted by molar-refractivity contribution is -0.141. The van der Waals surface area contributed by atoms with Gasteiger partial charge >= 0.3 is 5.97 Å². The molecule has 0 heterocycles. The van der Waals surface area contributed by atoms with Gasteiger partial charge in [0.25, 0.3) is 0 Å². The van der Waals surface area contributed by atoms with Gasteiger partial charge in [0.05, 0.1) is 5.41 Å². The number of carbonyl (C=O) groups is 2. The van der Waals surface area contributed by atoms with Crippen LogP contribution in [0.25, 0.3) is 0 Å². The van der Waals surface area contributed by atoms with Gasteiger partial charge in [-0.1, -0.05) is 29.3 Å². The van der Waals surface area contributed by atoms with E-state index in [2.05, 4.69) is 11.4 Å². The highest BCUT2D eigenvalue weighted by Crippen LogP contribution is 2.48. The smallest absolute Gasteiger partial charge is 0.325 e. The molecular formula is C15H19NO3. The Balaban J connectivity index is 2.23. The van der Waals surface area contributed by atoms with E-state index in [9.17, 15) is 9.59 Å². The number of carbonyl (C=O) groups excluding carboxylic acids is 1. The van der Waals surface area contributed by atoms with E-state index in [1.807, 2.05) is 26.0 Å². The summed E-state index contributed by atoms with van der Waals surface area (Å²) in [7, 11) is 0. The molecule has 2 rings (SSSR count). The highest BCUT2D eigenvalue weighted by atomic mass is 16.4. The lowest BCUT2D eigenvalue weighted by atomic mass is 9.91. The quantitative estimate of drug-likeness (QED) is 0.870. The molecule has 1 unspecified atom stereocenters. The molecule has 102 valence electrons. The third kappa shape index (κ3) is 2.62. The fourth-order valence-corrected chi connectivity index (χ4v) is 2.42. The highest BCUT2D eigenvalue weighted by Gasteiger charge is 2.51. The van der Waals surface area contributed by atoms with Crippen LogP contribution in [0.2, 0.25) is 0 Å². The Morgan fingerprint density at radius 3 is 2.16 bits per heavy atom. The van der Waals surface area contributed by atoms with Crippen LogP contribution >= 0.6 is 0 Å². The van der Waals surface area contributed by atoms with Crippen molar-refractivity contribution in [1.82, 2.24) is 5.32 Å². The molecule has 4 nitrogen and oxygen atoms in total. The first-order valence-electron chi connectivity index (χ1n) is 6.48. The number of nitrogens with one attached hydrogen (secondary N) is 1. The van der Waals surface area contributed by atoms with Crippen molar-refractivity contribution in [3.8, 4) is 0 Å². The van der Waals surface area contributed by atoms with Crippen molar-refractivity contribution in [1.29, 1.82) is 0 Å². The number of aryl methyl sites for hydroxylation is 2. The Morgan fingerprint density at radius 1 is 1.21 bits per heavy atom. The first-order chi connectivity index (χ1) is 8.85. The Labute approximate surface area is 112 Å². The van der Waals surface area contributed by atoms with Crippen LogP contribution in [0.15, 0.2) is 18.2 Å². The zero-order valence-corrected chi connectivity index (χ0v) is 11.5. The Hall–Kier alpha value is -1.84. The van der Waals surface area contributed by atoms with Crippen LogP contribution in [0.1, 0.15) is 36.5 Å². The van der Waals surface area contributed by atoms with Crippen molar-refractivity contribution < 1.29 is 14.7 Å². The maximum Gasteiger partial charge on any atom is 0.325 e. The summed E-state index contributed by atoms with van der Waals surface area (Å²) in [4.78, 5) is 23.1. The molecule has 1 aliphatic carbocycles. The number of amides is 1. The normalized spacial score (nSPS) is 17.6. The molecule has 1 saturated carbocycles. The number of carboxylic acids is 1. The van der Waals surface area contributed by atoms with Crippen LogP contribution in [0.3, 0.4) is 0 Å². The van der Waals surface area contributed by atoms with Crippen LogP contribution in [-0.2, 0) is 15.0 Å². The number of aliphatic carboxylic acids is 1. The number of carboxylic acid groups (broad SMARTS) is 1. The summed E-state index contributed by atoms with van der Waals surface area (Å²) in [5.74, 6) is -1.18. The second kappa shape index (κ2) is 4.68. The van der Waals surface area contributed by atoms with Crippen molar-refractivity contribution >= 4 is 11.9 Å². The van der Waals surface area contributed by atoms with Gasteiger partial charge in [0, 0.05) is 0 Å². The van der Waals surface area contributed by atoms with Crippen LogP contribution in [0, 0.1) is 13.8 Å². The van der Waals surface area contributed by atoms with E-state index in [4.69, 9.17) is 5.11 Å². The number of rotatable bonds is 4. The molecule has 0 radical (unpaired) electrons. The minimum Gasteiger partial charge on any atom is -0.480 e. The summed E-state index contributed by atoms with van der Waals surface area (Å²) in [6, 6.07) is 5.25. The van der Waals surface area contributed by atoms with Crippen molar-refractivity contribution in [2.75, 3.05) is 0 Å². The lowest BCUT2D eigenvalue weighted by Gasteiger charge is -2.19. The summed E-state index contributed by atoms with van der Waals surface area (Å²) >= 11 is 0. The van der Waals surface area contributed by atoms with Gasteiger partial charge in [0.15, 0.2) is 0 Å². The van der Waals surface area contributed by atoms with Crippen LogP contribution in [0.4, 0.5) is 0 Å². The van der Waals surface area contributed by atoms with Crippen molar-refractivity contribution in [2.24, 2.45) is 0 Å². The maximum absolute atomic E-state index is 12.3. The largest absolute Gasteiger partial charge is 0.480 e. The topological polar surface area (TPSA) is 66.4 Å². The van der Waals surface area contributed by atoms with E-state index < -0.39 is 17.4 Å². The molecule has 0 bridgehead atoms. The molecular weight excluding hydrogens is 242 g/mol. The molecule has 0 aliphatic heterocycles. The Bertz CT molecular complexity index is 512. The van der Waals surface area contributed by atoms with Crippen LogP contribution in [0.5, 0.6) is 0 Å². The van der Waals surface area contributed by atoms with E-state index >= 15 is 0 Å². The summed E-state index contributed by atoms with van der Waals surface area (Å²) in [6.07, 6.45) is 1.57. The second-order valence-electron chi connectivity index (χ2n) is 5.49. The molecule has 1 aromatic rings. The monoisotopic (exact) mass is 261 g/mol. The van der Waals surface area contributed by atoms with Gasteiger partial charge in [-0.25, -0.2) is 0 Å². The zero-order chi connectivity index (χ0) is 14.2. The Morgan fingerprint density at radius 2 is 1.74 bits per heavy atom. The average Bonchev–Trinajstić information content (AvgIpc) is 3.08. The molecule has 0 saturated heterocycles. The fraction of sp³-hybridized carbons (Fsp3) is 0.467. The van der Waals surface area contributed by atoms with Gasteiger partial charge < -0.3 is 10.4 Å². The van der Waals surface area contributed by atoms with Crippen molar-refractivity contribution in [2.45, 2.75) is 45.1 Å². The average molecular weight is 261 g/mol. The van der Waals surface area contributed by atoms with E-state index in [0.717, 1.165) is 29.5 Å². The third-order valence-corrected chi connectivity index (χ3v) is 3.68. The van der Waals surface area contributed by atoms with Crippen molar-refractivity contribution in [3.05, 3.63) is 34.9 Å². The Kier molecular flexibility index (Phi) is 3.35. The number of benzene rings is 1. The lowest BCUT2D eigenvalue weighted by Crippen LogP contribution is -2.43. The maximum atomic E-state index is 12.3. The van der Waals surface area contributed by atoms with Gasteiger partial charge in [0.2, 0.25) is 5.91 Å². The second-order valence-corrected chi connectivity index (χ2v) is 5.49. The minimum absolute atomic E-state index is 0.174. The summed E-state index contributed by atoms with van der Waals surface area (Å²) in [5.41, 5.74) is 2.74. The van der Waals surface area contributed by atoms with E-state index in [-0.39, 0.29) is 5.91 Å². The minimum atomic E-state index is -1.01. The summed E-state index contributed by atoms with van der Waals surface area (Å²) < 4.78 is 0. The van der Waals surface area contributed by atoms with Gasteiger partial charge in [-0.2, -0.15) is 0 Å². The van der Waals surface area contributed by atoms with Crippen LogP contribution < -0.4 is 5.32 Å². The molecule has 4 heteroatoms.